The quantitative estimate of drug-likeness (QED) is 0.783. The van der Waals surface area contributed by atoms with E-state index in [9.17, 15) is 0 Å². The molecule has 0 amide bonds. The van der Waals surface area contributed by atoms with Crippen LogP contribution in [0.4, 0.5) is 0 Å². The first-order valence-electron chi connectivity index (χ1n) is 8.38. The molecule has 1 aliphatic heterocycles. The van der Waals surface area contributed by atoms with Gasteiger partial charge in [-0.1, -0.05) is 18.2 Å². The Morgan fingerprint density at radius 2 is 1.79 bits per heavy atom. The fourth-order valence-corrected chi connectivity index (χ4v) is 2.84. The molecule has 0 fully saturated rings. The minimum Gasteiger partial charge on any atom is -0.489 e. The molecule has 0 aliphatic carbocycles. The summed E-state index contributed by atoms with van der Waals surface area (Å²) in [6, 6.07) is 12.4. The first kappa shape index (κ1) is 16.7. The van der Waals surface area contributed by atoms with E-state index in [1.165, 1.54) is 16.7 Å². The molecule has 0 N–H and O–H groups in total. The van der Waals surface area contributed by atoms with Gasteiger partial charge in [-0.25, -0.2) is 0 Å². The van der Waals surface area contributed by atoms with Gasteiger partial charge in [0.25, 0.3) is 0 Å². The van der Waals surface area contributed by atoms with E-state index in [0.29, 0.717) is 6.61 Å². The maximum absolute atomic E-state index is 5.90. The molecule has 0 atom stereocenters. The Bertz CT molecular complexity index is 682. The summed E-state index contributed by atoms with van der Waals surface area (Å²) in [4.78, 5) is 8.80. The van der Waals surface area contributed by atoms with Crippen LogP contribution in [0.15, 0.2) is 54.4 Å². The lowest BCUT2D eigenvalue weighted by Crippen LogP contribution is -2.34. The van der Waals surface area contributed by atoms with E-state index >= 15 is 0 Å². The number of hydrogen-bond acceptors (Lipinski definition) is 4. The number of nitrogens with zero attached hydrogens (tertiary/aromatic N) is 3. The molecule has 2 heterocycles. The Labute approximate surface area is 144 Å². The van der Waals surface area contributed by atoms with Gasteiger partial charge < -0.3 is 9.64 Å². The number of benzene rings is 1. The van der Waals surface area contributed by atoms with Crippen molar-refractivity contribution in [3.63, 3.8) is 0 Å². The summed E-state index contributed by atoms with van der Waals surface area (Å²) < 4.78 is 5.90. The second-order valence-electron chi connectivity index (χ2n) is 6.50. The largest absolute Gasteiger partial charge is 0.489 e. The summed E-state index contributed by atoms with van der Waals surface area (Å²) in [6.07, 6.45) is 5.99. The molecule has 0 bridgehead atoms. The van der Waals surface area contributed by atoms with Gasteiger partial charge in [0, 0.05) is 44.1 Å². The first-order chi connectivity index (χ1) is 11.7. The number of rotatable bonds is 7. The number of likely N-dealkylation sites (N-methyl/N-ethyl adjacent to an activating group) is 1. The molecule has 0 saturated heterocycles. The number of aromatic nitrogens is 1. The Balaban J connectivity index is 1.70. The van der Waals surface area contributed by atoms with Crippen LogP contribution in [0.5, 0.6) is 5.75 Å². The lowest BCUT2D eigenvalue weighted by molar-refractivity contribution is 0.238. The van der Waals surface area contributed by atoms with Gasteiger partial charge in [-0.3, -0.25) is 9.88 Å². The average Bonchev–Trinajstić information content (AvgIpc) is 2.60. The van der Waals surface area contributed by atoms with Crippen LogP contribution in [-0.4, -0.2) is 55.1 Å². The fourth-order valence-electron chi connectivity index (χ4n) is 2.84. The number of pyridine rings is 1. The molecular weight excluding hydrogens is 298 g/mol. The van der Waals surface area contributed by atoms with E-state index in [2.05, 4.69) is 59.2 Å². The van der Waals surface area contributed by atoms with Crippen LogP contribution in [0, 0.1) is 0 Å². The van der Waals surface area contributed by atoms with Crippen LogP contribution in [0.3, 0.4) is 0 Å². The molecule has 1 aromatic carbocycles. The summed E-state index contributed by atoms with van der Waals surface area (Å²) in [5, 5.41) is 0. The molecule has 4 nitrogen and oxygen atoms in total. The minimum atomic E-state index is 0.672. The van der Waals surface area contributed by atoms with E-state index in [1.54, 1.807) is 0 Å². The third-order valence-electron chi connectivity index (χ3n) is 4.14. The maximum Gasteiger partial charge on any atom is 0.127 e. The van der Waals surface area contributed by atoms with Crippen molar-refractivity contribution in [2.75, 3.05) is 40.3 Å². The van der Waals surface area contributed by atoms with Crippen molar-refractivity contribution in [1.29, 1.82) is 0 Å². The zero-order valence-corrected chi connectivity index (χ0v) is 14.5. The van der Waals surface area contributed by atoms with E-state index < -0.39 is 0 Å². The summed E-state index contributed by atoms with van der Waals surface area (Å²) in [5.74, 6) is 0.982. The lowest BCUT2D eigenvalue weighted by Gasteiger charge is -2.27. The highest BCUT2D eigenvalue weighted by atomic mass is 16.5. The SMILES string of the molecule is CN(C)CCN(CC1=Cc2ccccc2OC1)Cc1ccncc1. The Morgan fingerprint density at radius 3 is 2.58 bits per heavy atom. The van der Waals surface area contributed by atoms with E-state index in [-0.39, 0.29) is 0 Å². The van der Waals surface area contributed by atoms with E-state index in [0.717, 1.165) is 31.9 Å². The zero-order chi connectivity index (χ0) is 16.8. The molecule has 0 unspecified atom stereocenters. The van der Waals surface area contributed by atoms with Gasteiger partial charge in [-0.2, -0.15) is 0 Å². The number of hydrogen-bond donors (Lipinski definition) is 0. The number of ether oxygens (including phenoxy) is 1. The lowest BCUT2D eigenvalue weighted by atomic mass is 10.1. The summed E-state index contributed by atoms with van der Waals surface area (Å²) in [7, 11) is 4.23. The predicted molar refractivity (Wildman–Crippen MR) is 98.0 cm³/mol. The molecule has 1 aliphatic rings. The molecule has 126 valence electrons. The number of para-hydroxylation sites is 1. The van der Waals surface area contributed by atoms with Gasteiger partial charge in [0.2, 0.25) is 0 Å². The zero-order valence-electron chi connectivity index (χ0n) is 14.5. The molecule has 24 heavy (non-hydrogen) atoms. The van der Waals surface area contributed by atoms with Crippen molar-refractivity contribution in [2.45, 2.75) is 6.54 Å². The van der Waals surface area contributed by atoms with Crippen molar-refractivity contribution in [3.8, 4) is 5.75 Å². The highest BCUT2D eigenvalue weighted by Gasteiger charge is 2.14. The van der Waals surface area contributed by atoms with E-state index in [4.69, 9.17) is 4.74 Å². The molecule has 2 aromatic rings. The normalized spacial score (nSPS) is 13.6. The van der Waals surface area contributed by atoms with Crippen LogP contribution < -0.4 is 4.74 Å². The molecule has 3 rings (SSSR count). The van der Waals surface area contributed by atoms with Crippen molar-refractivity contribution < 1.29 is 4.74 Å². The highest BCUT2D eigenvalue weighted by Crippen LogP contribution is 2.26. The van der Waals surface area contributed by atoms with Crippen LogP contribution in [0.2, 0.25) is 0 Å². The van der Waals surface area contributed by atoms with Gasteiger partial charge in [-0.15, -0.1) is 0 Å². The Hall–Kier alpha value is -2.17. The van der Waals surface area contributed by atoms with Gasteiger partial charge in [0.05, 0.1) is 0 Å². The molecule has 0 saturated carbocycles. The smallest absolute Gasteiger partial charge is 0.127 e. The van der Waals surface area contributed by atoms with E-state index in [1.807, 2.05) is 24.5 Å². The fraction of sp³-hybridized carbons (Fsp3) is 0.350. The van der Waals surface area contributed by atoms with Gasteiger partial charge >= 0.3 is 0 Å². The van der Waals surface area contributed by atoms with Gasteiger partial charge in [0.1, 0.15) is 12.4 Å². The average molecular weight is 323 g/mol. The molecule has 0 radical (unpaired) electrons. The highest BCUT2D eigenvalue weighted by molar-refractivity contribution is 5.62. The third kappa shape index (κ3) is 4.66. The standard InChI is InChI=1S/C20H25N3O/c1-22(2)11-12-23(14-17-7-9-21-10-8-17)15-18-13-19-5-3-4-6-20(19)24-16-18/h3-10,13H,11-12,14-16H2,1-2H3. The van der Waals surface area contributed by atoms with Crippen LogP contribution >= 0.6 is 0 Å². The van der Waals surface area contributed by atoms with Gasteiger partial charge in [0.15, 0.2) is 0 Å². The summed E-state index contributed by atoms with van der Waals surface area (Å²) >= 11 is 0. The summed E-state index contributed by atoms with van der Waals surface area (Å²) in [5.41, 5.74) is 3.79. The van der Waals surface area contributed by atoms with Crippen LogP contribution in [-0.2, 0) is 6.54 Å². The Morgan fingerprint density at radius 1 is 1.00 bits per heavy atom. The molecular formula is C20H25N3O. The third-order valence-corrected chi connectivity index (χ3v) is 4.14. The van der Waals surface area contributed by atoms with Crippen molar-refractivity contribution >= 4 is 6.08 Å². The minimum absolute atomic E-state index is 0.672. The summed E-state index contributed by atoms with van der Waals surface area (Å²) in [6.45, 7) is 4.58. The monoisotopic (exact) mass is 323 g/mol. The van der Waals surface area contributed by atoms with Crippen molar-refractivity contribution in [2.24, 2.45) is 0 Å². The second kappa shape index (κ2) is 8.08. The predicted octanol–water partition coefficient (Wildman–Crippen LogP) is 2.92. The van der Waals surface area contributed by atoms with Gasteiger partial charge in [-0.05, 0) is 49.5 Å². The first-order valence-corrected chi connectivity index (χ1v) is 8.38. The number of fused-ring (bicyclic) bond motifs is 1. The van der Waals surface area contributed by atoms with Crippen LogP contribution in [0.25, 0.3) is 6.08 Å². The van der Waals surface area contributed by atoms with Crippen molar-refractivity contribution in [3.05, 3.63) is 65.5 Å². The molecule has 1 aromatic heterocycles. The topological polar surface area (TPSA) is 28.6 Å². The van der Waals surface area contributed by atoms with Crippen molar-refractivity contribution in [1.82, 2.24) is 14.8 Å². The maximum atomic E-state index is 5.90. The second-order valence-corrected chi connectivity index (χ2v) is 6.50. The molecule has 0 spiro atoms. The Kier molecular flexibility index (Phi) is 5.62. The van der Waals surface area contributed by atoms with Crippen LogP contribution in [0.1, 0.15) is 11.1 Å². The molecule has 4 heteroatoms.